The van der Waals surface area contributed by atoms with E-state index in [1.165, 1.54) is 4.90 Å². The number of benzene rings is 1. The molecule has 0 unspecified atom stereocenters. The fourth-order valence-electron chi connectivity index (χ4n) is 1.64. The van der Waals surface area contributed by atoms with Crippen LogP contribution in [0.3, 0.4) is 0 Å². The van der Waals surface area contributed by atoms with Crippen LogP contribution in [0, 0.1) is 0 Å². The lowest BCUT2D eigenvalue weighted by atomic mass is 10.1. The minimum atomic E-state index is -0.475. The Morgan fingerprint density at radius 1 is 1.30 bits per heavy atom. The maximum Gasteiger partial charge on any atom is 0.220 e. The van der Waals surface area contributed by atoms with E-state index in [2.05, 4.69) is 5.32 Å². The Kier molecular flexibility index (Phi) is 7.65. The highest BCUT2D eigenvalue weighted by Crippen LogP contribution is 2.17. The van der Waals surface area contributed by atoms with Crippen molar-refractivity contribution in [2.24, 2.45) is 0 Å². The molecule has 112 valence electrons. The van der Waals surface area contributed by atoms with E-state index in [0.29, 0.717) is 19.6 Å². The van der Waals surface area contributed by atoms with Gasteiger partial charge in [-0.05, 0) is 19.1 Å². The second-order valence-electron chi connectivity index (χ2n) is 4.78. The van der Waals surface area contributed by atoms with Crippen molar-refractivity contribution in [1.82, 2.24) is 5.32 Å². The molecular formula is C15H23NO3S. The van der Waals surface area contributed by atoms with Gasteiger partial charge in [0, 0.05) is 37.8 Å². The van der Waals surface area contributed by atoms with Gasteiger partial charge < -0.3 is 14.8 Å². The second-order valence-corrected chi connectivity index (χ2v) is 5.94. The zero-order valence-corrected chi connectivity index (χ0v) is 13.2. The summed E-state index contributed by atoms with van der Waals surface area (Å²) in [6.07, 6.45) is 0.492. The van der Waals surface area contributed by atoms with Crippen LogP contribution in [0.1, 0.15) is 13.3 Å². The van der Waals surface area contributed by atoms with E-state index in [9.17, 15) is 4.79 Å². The Morgan fingerprint density at radius 3 is 2.60 bits per heavy atom. The number of hydrogen-bond acceptors (Lipinski definition) is 4. The maximum absolute atomic E-state index is 11.8. The molecule has 0 heterocycles. The fourth-order valence-corrected chi connectivity index (χ4v) is 2.51. The van der Waals surface area contributed by atoms with Crippen molar-refractivity contribution in [1.29, 1.82) is 0 Å². The predicted molar refractivity (Wildman–Crippen MR) is 82.1 cm³/mol. The summed E-state index contributed by atoms with van der Waals surface area (Å²) in [5.41, 5.74) is -0.475. The highest BCUT2D eigenvalue weighted by molar-refractivity contribution is 7.99. The molecule has 1 aromatic carbocycles. The average molecular weight is 297 g/mol. The van der Waals surface area contributed by atoms with E-state index < -0.39 is 5.60 Å². The Hall–Kier alpha value is -1.04. The van der Waals surface area contributed by atoms with Crippen molar-refractivity contribution >= 4 is 17.7 Å². The molecule has 1 rings (SSSR count). The number of amides is 1. The first-order chi connectivity index (χ1) is 9.59. The third kappa shape index (κ3) is 6.41. The molecule has 0 spiro atoms. The topological polar surface area (TPSA) is 47.6 Å². The highest BCUT2D eigenvalue weighted by atomic mass is 32.2. The Balaban J connectivity index is 2.23. The summed E-state index contributed by atoms with van der Waals surface area (Å²) in [6, 6.07) is 10.1. The van der Waals surface area contributed by atoms with E-state index in [1.54, 1.807) is 26.0 Å². The number of carbonyl (C=O) groups excluding carboxylic acids is 1. The van der Waals surface area contributed by atoms with Crippen LogP contribution >= 0.6 is 11.8 Å². The molecule has 0 aromatic heterocycles. The predicted octanol–water partition coefficient (Wildman–Crippen LogP) is 2.34. The lowest BCUT2D eigenvalue weighted by molar-refractivity contribution is -0.123. The van der Waals surface area contributed by atoms with Crippen LogP contribution < -0.4 is 5.32 Å². The molecule has 4 nitrogen and oxygen atoms in total. The van der Waals surface area contributed by atoms with Gasteiger partial charge in [-0.15, -0.1) is 11.8 Å². The van der Waals surface area contributed by atoms with E-state index in [-0.39, 0.29) is 5.91 Å². The van der Waals surface area contributed by atoms with E-state index in [1.807, 2.05) is 37.3 Å². The van der Waals surface area contributed by atoms with Crippen molar-refractivity contribution in [3.63, 3.8) is 0 Å². The van der Waals surface area contributed by atoms with Gasteiger partial charge in [-0.2, -0.15) is 0 Å². The third-order valence-electron chi connectivity index (χ3n) is 2.94. The Morgan fingerprint density at radius 2 is 2.00 bits per heavy atom. The number of methoxy groups -OCH3 is 2. The first kappa shape index (κ1) is 17.0. The Labute approximate surface area is 125 Å². The number of ether oxygens (including phenoxy) is 2. The summed E-state index contributed by atoms with van der Waals surface area (Å²) in [4.78, 5) is 13.0. The monoisotopic (exact) mass is 297 g/mol. The van der Waals surface area contributed by atoms with Crippen LogP contribution in [-0.4, -0.2) is 44.6 Å². The quantitative estimate of drug-likeness (QED) is 0.711. The van der Waals surface area contributed by atoms with Crippen LogP contribution in [-0.2, 0) is 14.3 Å². The summed E-state index contributed by atoms with van der Waals surface area (Å²) in [7, 11) is 3.24. The molecular weight excluding hydrogens is 274 g/mol. The smallest absolute Gasteiger partial charge is 0.220 e. The third-order valence-corrected chi connectivity index (χ3v) is 3.96. The summed E-state index contributed by atoms with van der Waals surface area (Å²) in [5.74, 6) is 0.803. The minimum Gasteiger partial charge on any atom is -0.382 e. The molecule has 5 heteroatoms. The number of rotatable bonds is 9. The largest absolute Gasteiger partial charge is 0.382 e. The fraction of sp³-hybridized carbons (Fsp3) is 0.533. The molecule has 20 heavy (non-hydrogen) atoms. The summed E-state index contributed by atoms with van der Waals surface area (Å²) < 4.78 is 10.4. The van der Waals surface area contributed by atoms with Crippen LogP contribution in [0.2, 0.25) is 0 Å². The van der Waals surface area contributed by atoms with Gasteiger partial charge in [-0.25, -0.2) is 0 Å². The van der Waals surface area contributed by atoms with Crippen molar-refractivity contribution in [3.05, 3.63) is 30.3 Å². The van der Waals surface area contributed by atoms with Gasteiger partial charge in [-0.1, -0.05) is 18.2 Å². The first-order valence-corrected chi connectivity index (χ1v) is 7.57. The number of thioether (sulfide) groups is 1. The SMILES string of the molecule is COC[C@](C)(CNC(=O)CCSc1ccccc1)OC. The molecule has 0 bridgehead atoms. The molecule has 0 radical (unpaired) electrons. The van der Waals surface area contributed by atoms with Gasteiger partial charge in [0.05, 0.1) is 6.61 Å². The highest BCUT2D eigenvalue weighted by Gasteiger charge is 2.24. The van der Waals surface area contributed by atoms with Gasteiger partial charge >= 0.3 is 0 Å². The maximum atomic E-state index is 11.8. The number of hydrogen-bond donors (Lipinski definition) is 1. The molecule has 1 atom stereocenters. The second kappa shape index (κ2) is 9.00. The molecule has 0 aliphatic heterocycles. The van der Waals surface area contributed by atoms with E-state index >= 15 is 0 Å². The molecule has 0 aliphatic rings. The zero-order valence-electron chi connectivity index (χ0n) is 12.3. The zero-order chi connectivity index (χ0) is 14.8. The average Bonchev–Trinajstić information content (AvgIpc) is 2.47. The van der Waals surface area contributed by atoms with Crippen molar-refractivity contribution in [3.8, 4) is 0 Å². The first-order valence-electron chi connectivity index (χ1n) is 6.58. The lowest BCUT2D eigenvalue weighted by Gasteiger charge is -2.27. The standard InChI is InChI=1S/C15H23NO3S/c1-15(19-3,12-18-2)11-16-14(17)9-10-20-13-7-5-4-6-8-13/h4-8H,9-12H2,1-3H3,(H,16,17)/t15-/m0/s1. The van der Waals surface area contributed by atoms with E-state index in [4.69, 9.17) is 9.47 Å². The molecule has 1 N–H and O–H groups in total. The van der Waals surface area contributed by atoms with Crippen molar-refractivity contribution in [2.45, 2.75) is 23.8 Å². The van der Waals surface area contributed by atoms with Gasteiger partial charge in [0.25, 0.3) is 0 Å². The van der Waals surface area contributed by atoms with Gasteiger partial charge in [0.1, 0.15) is 5.60 Å². The van der Waals surface area contributed by atoms with Gasteiger partial charge in [-0.3, -0.25) is 4.79 Å². The van der Waals surface area contributed by atoms with Gasteiger partial charge in [0.2, 0.25) is 5.91 Å². The minimum absolute atomic E-state index is 0.0350. The van der Waals surface area contributed by atoms with Crippen LogP contribution in [0.15, 0.2) is 35.2 Å². The van der Waals surface area contributed by atoms with Crippen LogP contribution in [0.25, 0.3) is 0 Å². The number of carbonyl (C=O) groups is 1. The van der Waals surface area contributed by atoms with E-state index in [0.717, 1.165) is 5.75 Å². The summed E-state index contributed by atoms with van der Waals surface area (Å²) >= 11 is 1.68. The van der Waals surface area contributed by atoms with Crippen molar-refractivity contribution < 1.29 is 14.3 Å². The normalized spacial score (nSPS) is 13.8. The molecule has 0 saturated carbocycles. The van der Waals surface area contributed by atoms with Crippen molar-refractivity contribution in [2.75, 3.05) is 33.1 Å². The number of nitrogens with one attached hydrogen (secondary N) is 1. The molecule has 0 fully saturated rings. The van der Waals surface area contributed by atoms with Crippen LogP contribution in [0.4, 0.5) is 0 Å². The summed E-state index contributed by atoms with van der Waals surface area (Å²) in [6.45, 7) is 2.81. The molecule has 0 saturated heterocycles. The molecule has 1 amide bonds. The molecule has 0 aliphatic carbocycles. The van der Waals surface area contributed by atoms with Gasteiger partial charge in [0.15, 0.2) is 0 Å². The van der Waals surface area contributed by atoms with Crippen LogP contribution in [0.5, 0.6) is 0 Å². The molecule has 1 aromatic rings. The Bertz CT molecular complexity index is 399. The summed E-state index contributed by atoms with van der Waals surface area (Å²) in [5, 5.41) is 2.89. The lowest BCUT2D eigenvalue weighted by Crippen LogP contribution is -2.45.